The van der Waals surface area contributed by atoms with E-state index >= 15 is 0 Å². The van der Waals surface area contributed by atoms with Gasteiger partial charge in [-0.1, -0.05) is 32.0 Å². The van der Waals surface area contributed by atoms with Crippen LogP contribution < -0.4 is 15.4 Å². The van der Waals surface area contributed by atoms with Crippen molar-refractivity contribution in [1.82, 2.24) is 5.32 Å². The summed E-state index contributed by atoms with van der Waals surface area (Å²) >= 11 is 0. The molecule has 0 atom stereocenters. The number of halogens is 1. The van der Waals surface area contributed by atoms with E-state index in [4.69, 9.17) is 0 Å². The maximum absolute atomic E-state index is 13.0. The monoisotopic (exact) mass is 469 g/mol. The second-order valence-corrected chi connectivity index (χ2v) is 9.35. The maximum atomic E-state index is 13.0. The molecule has 0 aliphatic rings. The summed E-state index contributed by atoms with van der Waals surface area (Å²) in [6.45, 7) is 3.78. The molecule has 0 radical (unpaired) electrons. The van der Waals surface area contributed by atoms with Crippen LogP contribution in [0.25, 0.3) is 0 Å². The van der Waals surface area contributed by atoms with Crippen LogP contribution in [0.2, 0.25) is 0 Å². The number of nitrogens with one attached hydrogen (secondary N) is 3. The van der Waals surface area contributed by atoms with Crippen LogP contribution in [0.1, 0.15) is 29.8 Å². The van der Waals surface area contributed by atoms with E-state index in [1.54, 1.807) is 38.1 Å². The van der Waals surface area contributed by atoms with Crippen molar-refractivity contribution in [3.8, 4) is 0 Å². The summed E-state index contributed by atoms with van der Waals surface area (Å²) in [5, 5.41) is 5.55. The quantitative estimate of drug-likeness (QED) is 0.461. The van der Waals surface area contributed by atoms with Crippen LogP contribution in [0.4, 0.5) is 15.8 Å². The lowest BCUT2D eigenvalue weighted by atomic mass is 10.1. The van der Waals surface area contributed by atoms with Crippen LogP contribution in [0.15, 0.2) is 77.7 Å². The molecule has 0 bridgehead atoms. The van der Waals surface area contributed by atoms with Gasteiger partial charge in [-0.15, -0.1) is 0 Å². The molecule has 3 aromatic carbocycles. The molecular weight excluding hydrogens is 445 g/mol. The SMILES string of the molecule is CC(C)C(=O)Nc1cccc(CNC(=O)c2cccc(S(=O)(=O)Nc3ccc(F)cc3)c2)c1. The summed E-state index contributed by atoms with van der Waals surface area (Å²) in [6.07, 6.45) is 0. The van der Waals surface area contributed by atoms with Crippen LogP contribution >= 0.6 is 0 Å². The Labute approximate surface area is 192 Å². The molecule has 2 amide bonds. The highest BCUT2D eigenvalue weighted by molar-refractivity contribution is 7.92. The van der Waals surface area contributed by atoms with Crippen molar-refractivity contribution in [3.05, 3.63) is 89.7 Å². The second-order valence-electron chi connectivity index (χ2n) is 7.67. The van der Waals surface area contributed by atoms with Gasteiger partial charge in [0.25, 0.3) is 15.9 Å². The van der Waals surface area contributed by atoms with Crippen LogP contribution in [0, 0.1) is 11.7 Å². The third-order valence-electron chi connectivity index (χ3n) is 4.67. The molecule has 0 aliphatic heterocycles. The van der Waals surface area contributed by atoms with Gasteiger partial charge in [0.1, 0.15) is 5.82 Å². The predicted octanol–water partition coefficient (Wildman–Crippen LogP) is 4.15. The Hall–Kier alpha value is -3.72. The van der Waals surface area contributed by atoms with Crippen molar-refractivity contribution < 1.29 is 22.4 Å². The van der Waals surface area contributed by atoms with Gasteiger partial charge in [-0.3, -0.25) is 14.3 Å². The van der Waals surface area contributed by atoms with Crippen LogP contribution in [-0.2, 0) is 21.4 Å². The molecule has 0 aliphatic carbocycles. The zero-order chi connectivity index (χ0) is 24.0. The molecule has 0 saturated carbocycles. The number of benzene rings is 3. The minimum absolute atomic E-state index is 0.0992. The van der Waals surface area contributed by atoms with Crippen LogP contribution in [0.5, 0.6) is 0 Å². The van der Waals surface area contributed by atoms with Gasteiger partial charge in [-0.2, -0.15) is 0 Å². The first-order valence-corrected chi connectivity index (χ1v) is 11.7. The summed E-state index contributed by atoms with van der Waals surface area (Å²) in [6, 6.07) is 17.6. The highest BCUT2D eigenvalue weighted by Crippen LogP contribution is 2.18. The fourth-order valence-corrected chi connectivity index (χ4v) is 3.97. The largest absolute Gasteiger partial charge is 0.348 e. The molecule has 0 heterocycles. The van der Waals surface area contributed by atoms with Gasteiger partial charge < -0.3 is 10.6 Å². The van der Waals surface area contributed by atoms with Gasteiger partial charge in [0.2, 0.25) is 5.91 Å². The number of hydrogen-bond acceptors (Lipinski definition) is 4. The molecule has 7 nitrogen and oxygen atoms in total. The molecule has 0 aromatic heterocycles. The third-order valence-corrected chi connectivity index (χ3v) is 6.05. The minimum Gasteiger partial charge on any atom is -0.348 e. The molecule has 0 unspecified atom stereocenters. The number of amides is 2. The highest BCUT2D eigenvalue weighted by atomic mass is 32.2. The number of carbonyl (C=O) groups excluding carboxylic acids is 2. The summed E-state index contributed by atoms with van der Waals surface area (Å²) in [7, 11) is -3.97. The molecule has 9 heteroatoms. The highest BCUT2D eigenvalue weighted by Gasteiger charge is 2.17. The molecule has 172 valence electrons. The molecular formula is C24H24FN3O4S. The molecule has 0 fully saturated rings. The van der Waals surface area contributed by atoms with E-state index in [0.717, 1.165) is 17.7 Å². The van der Waals surface area contributed by atoms with E-state index < -0.39 is 21.7 Å². The van der Waals surface area contributed by atoms with Gasteiger partial charge in [0.15, 0.2) is 0 Å². The Bertz CT molecular complexity index is 1260. The standard InChI is InChI=1S/C24H24FN3O4S/c1-16(2)23(29)27-21-7-3-5-17(13-21)15-26-24(30)18-6-4-8-22(14-18)33(31,32)28-20-11-9-19(25)10-12-20/h3-14,16,28H,15H2,1-2H3,(H,26,30)(H,27,29). The first kappa shape index (κ1) is 23.9. The van der Waals surface area contributed by atoms with Gasteiger partial charge in [0.05, 0.1) is 4.90 Å². The van der Waals surface area contributed by atoms with Gasteiger partial charge in [0, 0.05) is 29.4 Å². The van der Waals surface area contributed by atoms with E-state index in [0.29, 0.717) is 5.69 Å². The average Bonchev–Trinajstić information content (AvgIpc) is 2.79. The number of carbonyl (C=O) groups is 2. The Kier molecular flexibility index (Phi) is 7.44. The fraction of sp³-hybridized carbons (Fsp3) is 0.167. The van der Waals surface area contributed by atoms with E-state index in [2.05, 4.69) is 15.4 Å². The summed E-state index contributed by atoms with van der Waals surface area (Å²) in [5.41, 5.74) is 1.77. The number of hydrogen-bond donors (Lipinski definition) is 3. The second kappa shape index (κ2) is 10.3. The number of rotatable bonds is 8. The van der Waals surface area contributed by atoms with E-state index in [1.807, 2.05) is 0 Å². The zero-order valence-corrected chi connectivity index (χ0v) is 18.9. The Morgan fingerprint density at radius 1 is 0.909 bits per heavy atom. The summed E-state index contributed by atoms with van der Waals surface area (Å²) in [5.74, 6) is -1.20. The molecule has 0 saturated heterocycles. The lowest BCUT2D eigenvalue weighted by Crippen LogP contribution is -2.23. The minimum atomic E-state index is -3.97. The van der Waals surface area contributed by atoms with Gasteiger partial charge in [-0.25, -0.2) is 12.8 Å². The number of sulfonamides is 1. The summed E-state index contributed by atoms with van der Waals surface area (Å²) in [4.78, 5) is 24.4. The van der Waals surface area contributed by atoms with Crippen LogP contribution in [-0.4, -0.2) is 20.2 Å². The van der Waals surface area contributed by atoms with Crippen molar-refractivity contribution in [3.63, 3.8) is 0 Å². The van der Waals surface area contributed by atoms with Crippen molar-refractivity contribution in [2.45, 2.75) is 25.3 Å². The molecule has 33 heavy (non-hydrogen) atoms. The van der Waals surface area contributed by atoms with E-state index in [1.165, 1.54) is 36.4 Å². The van der Waals surface area contributed by atoms with Gasteiger partial charge in [-0.05, 0) is 60.2 Å². The van der Waals surface area contributed by atoms with E-state index in [-0.39, 0.29) is 34.5 Å². The average molecular weight is 470 g/mol. The van der Waals surface area contributed by atoms with Crippen molar-refractivity contribution in [1.29, 1.82) is 0 Å². The lowest BCUT2D eigenvalue weighted by Gasteiger charge is -2.11. The molecule has 3 N–H and O–H groups in total. The lowest BCUT2D eigenvalue weighted by molar-refractivity contribution is -0.118. The van der Waals surface area contributed by atoms with Crippen molar-refractivity contribution >= 4 is 33.2 Å². The summed E-state index contributed by atoms with van der Waals surface area (Å²) < 4.78 is 40.7. The fourth-order valence-electron chi connectivity index (χ4n) is 2.87. The Balaban J connectivity index is 1.67. The Morgan fingerprint density at radius 3 is 2.30 bits per heavy atom. The van der Waals surface area contributed by atoms with Crippen molar-refractivity contribution in [2.75, 3.05) is 10.0 Å². The maximum Gasteiger partial charge on any atom is 0.261 e. The third kappa shape index (κ3) is 6.63. The van der Waals surface area contributed by atoms with Gasteiger partial charge >= 0.3 is 0 Å². The van der Waals surface area contributed by atoms with Crippen LogP contribution in [0.3, 0.4) is 0 Å². The normalized spacial score (nSPS) is 11.2. The molecule has 0 spiro atoms. The first-order valence-electron chi connectivity index (χ1n) is 10.2. The molecule has 3 aromatic rings. The molecule has 3 rings (SSSR count). The Morgan fingerprint density at radius 2 is 1.61 bits per heavy atom. The predicted molar refractivity (Wildman–Crippen MR) is 125 cm³/mol. The smallest absolute Gasteiger partial charge is 0.261 e. The number of anilines is 2. The zero-order valence-electron chi connectivity index (χ0n) is 18.1. The van der Waals surface area contributed by atoms with Crippen molar-refractivity contribution in [2.24, 2.45) is 5.92 Å². The van der Waals surface area contributed by atoms with E-state index in [9.17, 15) is 22.4 Å². The topological polar surface area (TPSA) is 104 Å². The first-order chi connectivity index (χ1) is 15.6.